The van der Waals surface area contributed by atoms with Crippen molar-refractivity contribution in [3.8, 4) is 0 Å². The number of ketones is 2. The Hall–Kier alpha value is -0.660. The molecular formula is C14H26O2. The van der Waals surface area contributed by atoms with Crippen molar-refractivity contribution < 1.29 is 9.59 Å². The Bertz CT molecular complexity index is 231. The molecular weight excluding hydrogens is 200 g/mol. The topological polar surface area (TPSA) is 34.1 Å². The summed E-state index contributed by atoms with van der Waals surface area (Å²) >= 11 is 0. The second-order valence-electron chi connectivity index (χ2n) is 4.72. The Morgan fingerprint density at radius 2 is 1.44 bits per heavy atom. The maximum absolute atomic E-state index is 12.5. The summed E-state index contributed by atoms with van der Waals surface area (Å²) in [6.07, 6.45) is 3.84. The Balaban J connectivity index is 4.88. The first-order valence-electron chi connectivity index (χ1n) is 6.51. The van der Waals surface area contributed by atoms with E-state index >= 15 is 0 Å². The van der Waals surface area contributed by atoms with Crippen LogP contribution in [-0.2, 0) is 9.59 Å². The monoisotopic (exact) mass is 226 g/mol. The first-order valence-corrected chi connectivity index (χ1v) is 6.51. The molecule has 0 aliphatic heterocycles. The summed E-state index contributed by atoms with van der Waals surface area (Å²) in [5.74, 6) is 0.354. The largest absolute Gasteiger partial charge is 0.300 e. The molecule has 0 heterocycles. The molecule has 0 aromatic rings. The van der Waals surface area contributed by atoms with Crippen LogP contribution in [0.4, 0.5) is 0 Å². The summed E-state index contributed by atoms with van der Waals surface area (Å²) < 4.78 is 0. The van der Waals surface area contributed by atoms with E-state index in [0.717, 1.165) is 25.7 Å². The lowest BCUT2D eigenvalue weighted by atomic mass is 9.70. The van der Waals surface area contributed by atoms with E-state index < -0.39 is 0 Å². The van der Waals surface area contributed by atoms with Gasteiger partial charge in [-0.15, -0.1) is 0 Å². The number of hydrogen-bond donors (Lipinski definition) is 0. The van der Waals surface area contributed by atoms with Crippen molar-refractivity contribution in [2.45, 2.75) is 66.7 Å². The molecule has 0 saturated heterocycles. The minimum Gasteiger partial charge on any atom is -0.300 e. The lowest BCUT2D eigenvalue weighted by molar-refractivity contribution is -0.136. The minimum atomic E-state index is -0.198. The molecule has 16 heavy (non-hydrogen) atoms. The van der Waals surface area contributed by atoms with Gasteiger partial charge in [0, 0.05) is 17.8 Å². The van der Waals surface area contributed by atoms with Crippen molar-refractivity contribution in [3.05, 3.63) is 0 Å². The van der Waals surface area contributed by atoms with Crippen molar-refractivity contribution in [3.63, 3.8) is 0 Å². The molecule has 0 aromatic carbocycles. The maximum Gasteiger partial charge on any atom is 0.142 e. The fraction of sp³-hybridized carbons (Fsp3) is 0.857. The van der Waals surface area contributed by atoms with E-state index in [1.807, 2.05) is 6.92 Å². The Morgan fingerprint density at radius 1 is 1.00 bits per heavy atom. The zero-order chi connectivity index (χ0) is 12.8. The summed E-state index contributed by atoms with van der Waals surface area (Å²) in [5.41, 5.74) is -0.198. The molecule has 1 unspecified atom stereocenters. The summed E-state index contributed by atoms with van der Waals surface area (Å²) in [5, 5.41) is 0. The highest BCUT2D eigenvalue weighted by Gasteiger charge is 2.36. The fourth-order valence-electron chi connectivity index (χ4n) is 2.48. The van der Waals surface area contributed by atoms with Gasteiger partial charge in [0.15, 0.2) is 0 Å². The second kappa shape index (κ2) is 6.82. The second-order valence-corrected chi connectivity index (χ2v) is 4.72. The molecule has 0 aromatic heterocycles. The Morgan fingerprint density at radius 3 is 1.69 bits per heavy atom. The van der Waals surface area contributed by atoms with Gasteiger partial charge in [-0.05, 0) is 32.6 Å². The van der Waals surface area contributed by atoms with Crippen LogP contribution >= 0.6 is 0 Å². The van der Waals surface area contributed by atoms with Gasteiger partial charge in [-0.25, -0.2) is 0 Å². The van der Waals surface area contributed by atoms with Gasteiger partial charge >= 0.3 is 0 Å². The summed E-state index contributed by atoms with van der Waals surface area (Å²) in [6, 6.07) is 0. The molecule has 0 bridgehead atoms. The average molecular weight is 226 g/mol. The van der Waals surface area contributed by atoms with Crippen LogP contribution in [-0.4, -0.2) is 11.6 Å². The third kappa shape index (κ3) is 3.43. The Labute approximate surface area is 99.8 Å². The van der Waals surface area contributed by atoms with Gasteiger partial charge in [0.05, 0.1) is 0 Å². The average Bonchev–Trinajstić information content (AvgIpc) is 2.28. The van der Waals surface area contributed by atoms with Crippen LogP contribution in [0.3, 0.4) is 0 Å². The molecule has 0 fully saturated rings. The Kier molecular flexibility index (Phi) is 6.54. The molecule has 0 amide bonds. The van der Waals surface area contributed by atoms with E-state index in [1.165, 1.54) is 0 Å². The molecule has 0 radical (unpaired) electrons. The van der Waals surface area contributed by atoms with Crippen LogP contribution < -0.4 is 0 Å². The SMILES string of the molecule is CCC(CC(C)=O)C(=O)C(CC)(CC)CC. The summed E-state index contributed by atoms with van der Waals surface area (Å²) in [4.78, 5) is 23.6. The van der Waals surface area contributed by atoms with Gasteiger partial charge in [-0.2, -0.15) is 0 Å². The number of carbonyl (C=O) groups excluding carboxylic acids is 2. The zero-order valence-corrected chi connectivity index (χ0v) is 11.4. The molecule has 2 nitrogen and oxygen atoms in total. The smallest absolute Gasteiger partial charge is 0.142 e. The van der Waals surface area contributed by atoms with Crippen LogP contribution in [0, 0.1) is 11.3 Å². The van der Waals surface area contributed by atoms with Gasteiger partial charge in [-0.1, -0.05) is 27.7 Å². The van der Waals surface area contributed by atoms with Crippen LogP contribution in [0.15, 0.2) is 0 Å². The van der Waals surface area contributed by atoms with E-state index in [9.17, 15) is 9.59 Å². The summed E-state index contributed by atoms with van der Waals surface area (Å²) in [7, 11) is 0. The molecule has 0 aliphatic carbocycles. The predicted octanol–water partition coefficient (Wildman–Crippen LogP) is 3.78. The molecule has 2 heteroatoms. The number of carbonyl (C=O) groups is 2. The van der Waals surface area contributed by atoms with Crippen molar-refractivity contribution in [1.82, 2.24) is 0 Å². The van der Waals surface area contributed by atoms with Crippen molar-refractivity contribution in [1.29, 1.82) is 0 Å². The molecule has 94 valence electrons. The van der Waals surface area contributed by atoms with Gasteiger partial charge < -0.3 is 4.79 Å². The minimum absolute atomic E-state index is 0.0719. The first-order chi connectivity index (χ1) is 7.47. The highest BCUT2D eigenvalue weighted by Crippen LogP contribution is 2.35. The quantitative estimate of drug-likeness (QED) is 0.631. The van der Waals surface area contributed by atoms with E-state index in [2.05, 4.69) is 20.8 Å². The lowest BCUT2D eigenvalue weighted by Gasteiger charge is -2.32. The molecule has 0 rings (SSSR count). The van der Waals surface area contributed by atoms with Gasteiger partial charge in [0.25, 0.3) is 0 Å². The molecule has 0 aliphatic rings. The normalized spacial score (nSPS) is 13.6. The molecule has 0 N–H and O–H groups in total. The van der Waals surface area contributed by atoms with Crippen LogP contribution in [0.1, 0.15) is 66.7 Å². The standard InChI is InChI=1S/C14H26O2/c1-6-12(10-11(5)15)13(16)14(7-2,8-3)9-4/h12H,6-10H2,1-5H3. The van der Waals surface area contributed by atoms with Crippen molar-refractivity contribution in [2.75, 3.05) is 0 Å². The van der Waals surface area contributed by atoms with E-state index in [1.54, 1.807) is 6.92 Å². The van der Waals surface area contributed by atoms with Crippen LogP contribution in [0.25, 0.3) is 0 Å². The molecule has 0 spiro atoms. The van der Waals surface area contributed by atoms with E-state index in [4.69, 9.17) is 0 Å². The van der Waals surface area contributed by atoms with E-state index in [-0.39, 0.29) is 17.1 Å². The number of Topliss-reactive ketones (excluding diaryl/α,β-unsaturated/α-hetero) is 2. The molecule has 0 saturated carbocycles. The summed E-state index contributed by atoms with van der Waals surface area (Å²) in [6.45, 7) is 9.79. The third-order valence-corrected chi connectivity index (χ3v) is 3.95. The van der Waals surface area contributed by atoms with Crippen molar-refractivity contribution >= 4 is 11.6 Å². The maximum atomic E-state index is 12.5. The van der Waals surface area contributed by atoms with Gasteiger partial charge in [-0.3, -0.25) is 4.79 Å². The van der Waals surface area contributed by atoms with Gasteiger partial charge in [0.1, 0.15) is 11.6 Å². The predicted molar refractivity (Wildman–Crippen MR) is 67.4 cm³/mol. The number of rotatable bonds is 8. The molecule has 1 atom stereocenters. The highest BCUT2D eigenvalue weighted by molar-refractivity contribution is 5.90. The lowest BCUT2D eigenvalue weighted by Crippen LogP contribution is -2.35. The van der Waals surface area contributed by atoms with Crippen LogP contribution in [0.5, 0.6) is 0 Å². The number of hydrogen-bond acceptors (Lipinski definition) is 2. The van der Waals surface area contributed by atoms with E-state index in [0.29, 0.717) is 12.2 Å². The fourth-order valence-corrected chi connectivity index (χ4v) is 2.48. The zero-order valence-electron chi connectivity index (χ0n) is 11.4. The van der Waals surface area contributed by atoms with Gasteiger partial charge in [0.2, 0.25) is 0 Å². The van der Waals surface area contributed by atoms with Crippen molar-refractivity contribution in [2.24, 2.45) is 11.3 Å². The first kappa shape index (κ1) is 15.3. The van der Waals surface area contributed by atoms with Crippen LogP contribution in [0.2, 0.25) is 0 Å². The third-order valence-electron chi connectivity index (χ3n) is 3.95. The highest BCUT2D eigenvalue weighted by atomic mass is 16.1.